The van der Waals surface area contributed by atoms with Crippen molar-refractivity contribution in [1.82, 2.24) is 20.4 Å². The van der Waals surface area contributed by atoms with E-state index >= 15 is 0 Å². The van der Waals surface area contributed by atoms with E-state index in [4.69, 9.17) is 4.74 Å². The number of nitro groups is 1. The number of aromatic nitrogens is 3. The Kier molecular flexibility index (Phi) is 4.92. The number of hydrogen-bond acceptors (Lipinski definition) is 8. The summed E-state index contributed by atoms with van der Waals surface area (Å²) in [6, 6.07) is 9.36. The summed E-state index contributed by atoms with van der Waals surface area (Å²) in [5.41, 5.74) is 3.35. The highest BCUT2D eigenvalue weighted by Crippen LogP contribution is 2.33. The van der Waals surface area contributed by atoms with E-state index in [1.54, 1.807) is 18.2 Å². The van der Waals surface area contributed by atoms with Crippen LogP contribution in [0.15, 0.2) is 41.5 Å². The molecule has 27 heavy (non-hydrogen) atoms. The monoisotopic (exact) mass is 370 g/mol. The maximum atomic E-state index is 12.0. The maximum absolute atomic E-state index is 12.0. The van der Waals surface area contributed by atoms with E-state index < -0.39 is 10.8 Å². The van der Waals surface area contributed by atoms with Crippen LogP contribution < -0.4 is 10.2 Å². The fourth-order valence-corrected chi connectivity index (χ4v) is 2.35. The quantitative estimate of drug-likeness (QED) is 0.377. The molecule has 0 unspecified atom stereocenters. The van der Waals surface area contributed by atoms with Crippen molar-refractivity contribution < 1.29 is 19.6 Å². The minimum atomic E-state index is -0.631. The van der Waals surface area contributed by atoms with Gasteiger partial charge in [0, 0.05) is 11.6 Å². The molecular formula is C16H14N6O5. The molecule has 0 fully saturated rings. The second kappa shape index (κ2) is 7.47. The Morgan fingerprint density at radius 3 is 2.96 bits per heavy atom. The summed E-state index contributed by atoms with van der Waals surface area (Å²) in [7, 11) is 1.27. The Bertz CT molecular complexity index is 1040. The lowest BCUT2D eigenvalue weighted by Gasteiger charge is -2.06. The number of para-hydroxylation sites is 1. The number of carbonyl (C=O) groups is 1. The Balaban J connectivity index is 1.72. The van der Waals surface area contributed by atoms with Gasteiger partial charge >= 0.3 is 0 Å². The van der Waals surface area contributed by atoms with Crippen LogP contribution in [0.4, 0.5) is 5.69 Å². The van der Waals surface area contributed by atoms with E-state index in [1.165, 1.54) is 11.8 Å². The normalized spacial score (nSPS) is 11.0. The Morgan fingerprint density at radius 2 is 2.22 bits per heavy atom. The molecule has 138 valence electrons. The van der Waals surface area contributed by atoms with E-state index in [2.05, 4.69) is 20.8 Å². The number of benzene rings is 2. The van der Waals surface area contributed by atoms with Gasteiger partial charge in [-0.3, -0.25) is 14.9 Å². The first-order chi connectivity index (χ1) is 13.0. The van der Waals surface area contributed by atoms with Gasteiger partial charge in [0.1, 0.15) is 12.1 Å². The average Bonchev–Trinajstić information content (AvgIpc) is 3.06. The number of phenolic OH excluding ortho intramolecular Hbond substituents is 1. The van der Waals surface area contributed by atoms with E-state index in [9.17, 15) is 20.0 Å². The van der Waals surface area contributed by atoms with Gasteiger partial charge in [-0.2, -0.15) is 5.10 Å². The third-order valence-corrected chi connectivity index (χ3v) is 3.63. The van der Waals surface area contributed by atoms with Gasteiger partial charge in [0.25, 0.3) is 11.6 Å². The SMILES string of the molecule is COc1cc([N+](=O)[O-])cc(/C=N/NC(=O)Cn2nnc3ccccc32)c1O. The number of fused-ring (bicyclic) bond motifs is 1. The number of nitrogens with zero attached hydrogens (tertiary/aromatic N) is 5. The van der Waals surface area contributed by atoms with Crippen LogP contribution in [0.1, 0.15) is 5.56 Å². The van der Waals surface area contributed by atoms with Crippen LogP contribution in [-0.4, -0.2) is 44.3 Å². The number of hydrogen-bond donors (Lipinski definition) is 2. The minimum Gasteiger partial charge on any atom is -0.504 e. The van der Waals surface area contributed by atoms with Crippen LogP contribution >= 0.6 is 0 Å². The molecule has 2 N–H and O–H groups in total. The van der Waals surface area contributed by atoms with Crippen LogP contribution in [0.2, 0.25) is 0 Å². The Labute approximate surface area is 152 Å². The summed E-state index contributed by atoms with van der Waals surface area (Å²) in [4.78, 5) is 22.3. The second-order valence-electron chi connectivity index (χ2n) is 5.37. The minimum absolute atomic E-state index is 0.0209. The standard InChI is InChI=1S/C16H14N6O5/c1-27-14-7-11(22(25)26)6-10(16(14)24)8-17-19-15(23)9-21-13-5-3-2-4-12(13)18-20-21/h2-8,24H,9H2,1H3,(H,19,23)/b17-8+. The lowest BCUT2D eigenvalue weighted by atomic mass is 10.2. The van der Waals surface area contributed by atoms with Crippen molar-refractivity contribution in [3.8, 4) is 11.5 Å². The number of hydrazone groups is 1. The Morgan fingerprint density at radius 1 is 1.44 bits per heavy atom. The number of nitrogens with one attached hydrogen (secondary N) is 1. The van der Waals surface area contributed by atoms with Crippen LogP contribution in [0.25, 0.3) is 11.0 Å². The van der Waals surface area contributed by atoms with Crippen LogP contribution in [-0.2, 0) is 11.3 Å². The van der Waals surface area contributed by atoms with E-state index in [0.717, 1.165) is 18.3 Å². The average molecular weight is 370 g/mol. The molecule has 0 aliphatic carbocycles. The molecule has 0 saturated carbocycles. The highest BCUT2D eigenvalue weighted by molar-refractivity contribution is 5.87. The number of carbonyl (C=O) groups excluding carboxylic acids is 1. The third-order valence-electron chi connectivity index (χ3n) is 3.63. The predicted octanol–water partition coefficient (Wildman–Crippen LogP) is 1.20. The number of non-ortho nitro benzene ring substituents is 1. The first-order valence-corrected chi connectivity index (χ1v) is 7.65. The summed E-state index contributed by atoms with van der Waals surface area (Å²) in [5.74, 6) is -0.895. The number of nitro benzene ring substituents is 1. The zero-order valence-corrected chi connectivity index (χ0v) is 14.1. The van der Waals surface area contributed by atoms with E-state index in [0.29, 0.717) is 11.0 Å². The number of phenols is 1. The van der Waals surface area contributed by atoms with Crippen molar-refractivity contribution in [3.63, 3.8) is 0 Å². The Hall–Kier alpha value is -4.02. The van der Waals surface area contributed by atoms with Gasteiger partial charge in [-0.15, -0.1) is 5.10 Å². The summed E-state index contributed by atoms with van der Waals surface area (Å²) >= 11 is 0. The van der Waals surface area contributed by atoms with Gasteiger partial charge in [-0.05, 0) is 12.1 Å². The molecule has 0 aliphatic rings. The van der Waals surface area contributed by atoms with Crippen LogP contribution in [0.5, 0.6) is 11.5 Å². The molecule has 0 spiro atoms. The molecule has 1 amide bonds. The molecule has 0 aliphatic heterocycles. The summed E-state index contributed by atoms with van der Waals surface area (Å²) in [5, 5.41) is 32.5. The number of aromatic hydroxyl groups is 1. The fraction of sp³-hybridized carbons (Fsp3) is 0.125. The van der Waals surface area contributed by atoms with Gasteiger partial charge in [0.05, 0.1) is 29.8 Å². The summed E-state index contributed by atoms with van der Waals surface area (Å²) < 4.78 is 6.30. The molecule has 11 nitrogen and oxygen atoms in total. The van der Waals surface area contributed by atoms with Crippen molar-refractivity contribution in [1.29, 1.82) is 0 Å². The predicted molar refractivity (Wildman–Crippen MR) is 94.6 cm³/mol. The molecule has 3 rings (SSSR count). The highest BCUT2D eigenvalue weighted by atomic mass is 16.6. The first-order valence-electron chi connectivity index (χ1n) is 7.65. The van der Waals surface area contributed by atoms with Crippen LogP contribution in [0, 0.1) is 10.1 Å². The molecule has 3 aromatic rings. The van der Waals surface area contributed by atoms with Gasteiger partial charge in [-0.1, -0.05) is 17.3 Å². The molecule has 0 atom stereocenters. The highest BCUT2D eigenvalue weighted by Gasteiger charge is 2.16. The van der Waals surface area contributed by atoms with E-state index in [1.807, 2.05) is 6.07 Å². The topological polar surface area (TPSA) is 145 Å². The molecule has 1 aromatic heterocycles. The van der Waals surface area contributed by atoms with Gasteiger partial charge in [0.2, 0.25) is 0 Å². The van der Waals surface area contributed by atoms with Crippen molar-refractivity contribution in [3.05, 3.63) is 52.1 Å². The van der Waals surface area contributed by atoms with Crippen molar-refractivity contribution in [2.24, 2.45) is 5.10 Å². The summed E-state index contributed by atoms with van der Waals surface area (Å²) in [6.45, 7) is -0.123. The number of amides is 1. The van der Waals surface area contributed by atoms with Crippen LogP contribution in [0.3, 0.4) is 0 Å². The zero-order valence-electron chi connectivity index (χ0n) is 14.1. The zero-order chi connectivity index (χ0) is 19.4. The lowest BCUT2D eigenvalue weighted by Crippen LogP contribution is -2.23. The molecule has 1 heterocycles. The molecule has 2 aromatic carbocycles. The van der Waals surface area contributed by atoms with Crippen molar-refractivity contribution >= 4 is 28.8 Å². The van der Waals surface area contributed by atoms with Gasteiger partial charge < -0.3 is 9.84 Å². The van der Waals surface area contributed by atoms with Crippen molar-refractivity contribution in [2.75, 3.05) is 7.11 Å². The van der Waals surface area contributed by atoms with E-state index in [-0.39, 0.29) is 29.3 Å². The third kappa shape index (κ3) is 3.81. The second-order valence-corrected chi connectivity index (χ2v) is 5.37. The van der Waals surface area contributed by atoms with Gasteiger partial charge in [0.15, 0.2) is 11.5 Å². The molecule has 0 saturated heterocycles. The van der Waals surface area contributed by atoms with Gasteiger partial charge in [-0.25, -0.2) is 10.1 Å². The number of methoxy groups -OCH3 is 1. The summed E-state index contributed by atoms with van der Waals surface area (Å²) in [6.07, 6.45) is 1.09. The lowest BCUT2D eigenvalue weighted by molar-refractivity contribution is -0.385. The number of ether oxygens (including phenoxy) is 1. The molecule has 11 heteroatoms. The largest absolute Gasteiger partial charge is 0.504 e. The first kappa shape index (κ1) is 17.8. The maximum Gasteiger partial charge on any atom is 0.274 e. The molecular weight excluding hydrogens is 356 g/mol. The molecule has 0 bridgehead atoms. The smallest absolute Gasteiger partial charge is 0.274 e. The molecule has 0 radical (unpaired) electrons. The fourth-order valence-electron chi connectivity index (χ4n) is 2.35. The van der Waals surface area contributed by atoms with Crippen molar-refractivity contribution in [2.45, 2.75) is 6.54 Å². The number of rotatable bonds is 6.